The molecule has 13 nitrogen and oxygen atoms in total. The van der Waals surface area contributed by atoms with E-state index in [0.717, 1.165) is 17.0 Å². The van der Waals surface area contributed by atoms with Gasteiger partial charge in [0.25, 0.3) is 11.4 Å². The molecule has 0 saturated carbocycles. The van der Waals surface area contributed by atoms with E-state index in [4.69, 9.17) is 14.2 Å². The molecule has 0 bridgehead atoms. The van der Waals surface area contributed by atoms with Crippen molar-refractivity contribution in [2.45, 2.75) is 13.0 Å². The number of carbonyl (C=O) groups excluding carboxylic acids is 2. The number of rotatable bonds is 7. The number of aliphatic imine (C=N–C) groups is 1. The summed E-state index contributed by atoms with van der Waals surface area (Å²) in [6.45, 7) is 1.20. The molecule has 0 spiro atoms. The molecule has 2 aromatic carbocycles. The average Bonchev–Trinajstić information content (AvgIpc) is 2.82. The monoisotopic (exact) mass is 470 g/mol. The van der Waals surface area contributed by atoms with Gasteiger partial charge in [-0.1, -0.05) is 0 Å². The lowest BCUT2D eigenvalue weighted by Gasteiger charge is -2.32. The normalized spacial score (nSPS) is 15.1. The maximum absolute atomic E-state index is 13.2. The Labute approximate surface area is 192 Å². The molecule has 0 saturated heterocycles. The molecule has 176 valence electrons. The minimum atomic E-state index is -1.03. The zero-order chi connectivity index (χ0) is 24.8. The molecular weight excluding hydrogens is 452 g/mol. The highest BCUT2D eigenvalue weighted by Crippen LogP contribution is 2.31. The largest absolute Gasteiger partial charge is 0.433 e. The van der Waals surface area contributed by atoms with Gasteiger partial charge >= 0.3 is 12.1 Å². The first-order chi connectivity index (χ1) is 16.2. The molecular formula is C21H18N4O9. The molecule has 0 aromatic heterocycles. The third kappa shape index (κ3) is 5.39. The smallest absolute Gasteiger partial charge is 0.422 e. The molecule has 1 unspecified atom stereocenters. The highest BCUT2D eigenvalue weighted by molar-refractivity contribution is 6.38. The lowest BCUT2D eigenvalue weighted by atomic mass is 10.0. The van der Waals surface area contributed by atoms with Gasteiger partial charge < -0.3 is 14.2 Å². The van der Waals surface area contributed by atoms with E-state index in [0.29, 0.717) is 11.3 Å². The number of nitro benzene ring substituents is 2. The topological polar surface area (TPSA) is 164 Å². The summed E-state index contributed by atoms with van der Waals surface area (Å²) in [5.74, 6) is -1.39. The molecule has 1 amide bonds. The number of amides is 1. The first kappa shape index (κ1) is 24.0. The van der Waals surface area contributed by atoms with Crippen LogP contribution >= 0.6 is 0 Å². The van der Waals surface area contributed by atoms with Crippen LogP contribution in [-0.2, 0) is 14.3 Å². The van der Waals surface area contributed by atoms with Gasteiger partial charge in [-0.3, -0.25) is 20.2 Å². The standard InChI is InChI=1S/C21H18N4O9/c1-13-11-18(14-3-5-15(6-4-14)24(28)29)23(19(22-13)20(26)33-12-32-2)21(27)34-17-9-7-16(8-10-17)25(30)31/h3-11,18H,12H2,1-2H3. The Morgan fingerprint density at radius 2 is 1.56 bits per heavy atom. The van der Waals surface area contributed by atoms with Crippen molar-refractivity contribution in [3.63, 3.8) is 0 Å². The highest BCUT2D eigenvalue weighted by Gasteiger charge is 2.37. The van der Waals surface area contributed by atoms with Gasteiger partial charge in [-0.25, -0.2) is 19.5 Å². The molecule has 34 heavy (non-hydrogen) atoms. The molecule has 0 aliphatic carbocycles. The van der Waals surface area contributed by atoms with Crippen LogP contribution in [0.5, 0.6) is 5.75 Å². The molecule has 0 fully saturated rings. The number of nitro groups is 2. The lowest BCUT2D eigenvalue weighted by Crippen LogP contribution is -2.47. The second-order valence-corrected chi connectivity index (χ2v) is 6.86. The number of methoxy groups -OCH3 is 1. The minimum absolute atomic E-state index is 0.0195. The fourth-order valence-corrected chi connectivity index (χ4v) is 3.04. The van der Waals surface area contributed by atoms with E-state index in [-0.39, 0.29) is 17.1 Å². The SMILES string of the molecule is COCOC(=O)C1=NC(C)=CC(c2ccc([N+](=O)[O-])cc2)N1C(=O)Oc1ccc([N+](=O)[O-])cc1. The summed E-state index contributed by atoms with van der Waals surface area (Å²) in [5.41, 5.74) is 0.448. The molecule has 1 heterocycles. The van der Waals surface area contributed by atoms with Gasteiger partial charge in [0.1, 0.15) is 5.75 Å². The van der Waals surface area contributed by atoms with Gasteiger partial charge in [0, 0.05) is 37.1 Å². The molecule has 1 atom stereocenters. The van der Waals surface area contributed by atoms with Crippen molar-refractivity contribution in [3.8, 4) is 5.75 Å². The molecule has 13 heteroatoms. The van der Waals surface area contributed by atoms with Crippen LogP contribution in [0.3, 0.4) is 0 Å². The lowest BCUT2D eigenvalue weighted by molar-refractivity contribution is -0.385. The Kier molecular flexibility index (Phi) is 7.28. The number of esters is 1. The van der Waals surface area contributed by atoms with Crippen molar-refractivity contribution in [2.75, 3.05) is 13.9 Å². The van der Waals surface area contributed by atoms with Crippen LogP contribution < -0.4 is 4.74 Å². The van der Waals surface area contributed by atoms with Crippen LogP contribution in [0.2, 0.25) is 0 Å². The number of hydrogen-bond donors (Lipinski definition) is 0. The Morgan fingerprint density at radius 1 is 1.00 bits per heavy atom. The Hall–Kier alpha value is -4.65. The van der Waals surface area contributed by atoms with E-state index in [2.05, 4.69) is 4.99 Å². The zero-order valence-electron chi connectivity index (χ0n) is 17.9. The van der Waals surface area contributed by atoms with Crippen molar-refractivity contribution < 1.29 is 33.6 Å². The highest BCUT2D eigenvalue weighted by atomic mass is 16.7. The number of benzene rings is 2. The Morgan fingerprint density at radius 3 is 2.09 bits per heavy atom. The number of allylic oxidation sites excluding steroid dienone is 1. The molecule has 1 aliphatic heterocycles. The summed E-state index contributed by atoms with van der Waals surface area (Å²) >= 11 is 0. The van der Waals surface area contributed by atoms with E-state index in [1.54, 1.807) is 13.0 Å². The summed E-state index contributed by atoms with van der Waals surface area (Å²) in [5, 5.41) is 21.8. The Bertz CT molecular complexity index is 1170. The number of amidine groups is 1. The van der Waals surface area contributed by atoms with Crippen molar-refractivity contribution in [2.24, 2.45) is 4.99 Å². The van der Waals surface area contributed by atoms with Crippen LogP contribution in [0.4, 0.5) is 16.2 Å². The predicted octanol–water partition coefficient (Wildman–Crippen LogP) is 3.51. The predicted molar refractivity (Wildman–Crippen MR) is 116 cm³/mol. The number of hydrogen-bond acceptors (Lipinski definition) is 10. The van der Waals surface area contributed by atoms with E-state index in [1.165, 1.54) is 43.5 Å². The van der Waals surface area contributed by atoms with Gasteiger partial charge in [-0.15, -0.1) is 0 Å². The van der Waals surface area contributed by atoms with Crippen LogP contribution in [-0.4, -0.2) is 46.5 Å². The molecule has 1 aliphatic rings. The van der Waals surface area contributed by atoms with Crippen molar-refractivity contribution in [1.29, 1.82) is 0 Å². The molecule has 3 rings (SSSR count). The van der Waals surface area contributed by atoms with Gasteiger partial charge in [0.05, 0.1) is 15.9 Å². The van der Waals surface area contributed by atoms with E-state index >= 15 is 0 Å². The third-order valence-corrected chi connectivity index (χ3v) is 4.57. The first-order valence-corrected chi connectivity index (χ1v) is 9.64. The van der Waals surface area contributed by atoms with Crippen molar-refractivity contribution >= 4 is 29.3 Å². The maximum atomic E-state index is 13.2. The van der Waals surface area contributed by atoms with Crippen LogP contribution in [0.25, 0.3) is 0 Å². The van der Waals surface area contributed by atoms with Crippen molar-refractivity contribution in [1.82, 2.24) is 4.90 Å². The zero-order valence-corrected chi connectivity index (χ0v) is 17.9. The van der Waals surface area contributed by atoms with Crippen LogP contribution in [0, 0.1) is 20.2 Å². The summed E-state index contributed by atoms with van der Waals surface area (Å²) < 4.78 is 15.0. The van der Waals surface area contributed by atoms with E-state index < -0.39 is 40.6 Å². The van der Waals surface area contributed by atoms with Crippen LogP contribution in [0.1, 0.15) is 18.5 Å². The van der Waals surface area contributed by atoms with E-state index in [9.17, 15) is 29.8 Å². The number of ether oxygens (including phenoxy) is 3. The maximum Gasteiger partial charge on any atom is 0.422 e. The van der Waals surface area contributed by atoms with Gasteiger partial charge in [-0.2, -0.15) is 0 Å². The second-order valence-electron chi connectivity index (χ2n) is 6.86. The average molecular weight is 470 g/mol. The number of non-ortho nitro benzene ring substituents is 2. The number of carbonyl (C=O) groups is 2. The fraction of sp³-hybridized carbons (Fsp3) is 0.190. The summed E-state index contributed by atoms with van der Waals surface area (Å²) in [4.78, 5) is 51.5. The second kappa shape index (κ2) is 10.3. The quantitative estimate of drug-likeness (QED) is 0.255. The van der Waals surface area contributed by atoms with Crippen LogP contribution in [0.15, 0.2) is 65.3 Å². The molecule has 0 radical (unpaired) electrons. The summed E-state index contributed by atoms with van der Waals surface area (Å²) in [6.07, 6.45) is 0.528. The molecule has 0 N–H and O–H groups in total. The number of nitrogens with zero attached hydrogens (tertiary/aromatic N) is 4. The Balaban J connectivity index is 1.98. The van der Waals surface area contributed by atoms with Gasteiger partial charge in [-0.05, 0) is 42.8 Å². The summed E-state index contributed by atoms with van der Waals surface area (Å²) in [7, 11) is 1.31. The summed E-state index contributed by atoms with van der Waals surface area (Å²) in [6, 6.07) is 9.21. The van der Waals surface area contributed by atoms with Crippen molar-refractivity contribution in [3.05, 3.63) is 86.1 Å². The third-order valence-electron chi connectivity index (χ3n) is 4.57. The van der Waals surface area contributed by atoms with E-state index in [1.807, 2.05) is 0 Å². The van der Waals surface area contributed by atoms with Gasteiger partial charge in [0.15, 0.2) is 6.79 Å². The fourth-order valence-electron chi connectivity index (χ4n) is 3.04. The minimum Gasteiger partial charge on any atom is -0.433 e. The molecule has 2 aromatic rings. The first-order valence-electron chi connectivity index (χ1n) is 9.64. The van der Waals surface area contributed by atoms with Gasteiger partial charge in [0.2, 0.25) is 5.84 Å².